The van der Waals surface area contributed by atoms with E-state index in [9.17, 15) is 18.8 Å². The Labute approximate surface area is 149 Å². The number of ether oxygens (including phenoxy) is 1. The lowest BCUT2D eigenvalue weighted by atomic mass is 10.2. The highest BCUT2D eigenvalue weighted by Crippen LogP contribution is 2.09. The fourth-order valence-electron chi connectivity index (χ4n) is 2.62. The number of anilines is 1. The van der Waals surface area contributed by atoms with Crippen LogP contribution in [0.3, 0.4) is 0 Å². The number of hydrogen-bond acceptors (Lipinski definition) is 4. The molecule has 1 unspecified atom stereocenters. The smallest absolute Gasteiger partial charge is 0.274 e. The molecule has 0 aliphatic carbocycles. The van der Waals surface area contributed by atoms with Crippen molar-refractivity contribution in [2.45, 2.75) is 12.6 Å². The average molecular weight is 359 g/mol. The predicted molar refractivity (Wildman–Crippen MR) is 92.2 cm³/mol. The number of carbonyl (C=O) groups is 2. The van der Waals surface area contributed by atoms with Crippen molar-refractivity contribution in [3.05, 3.63) is 64.3 Å². The van der Waals surface area contributed by atoms with E-state index in [1.807, 2.05) is 0 Å². The number of aromatic nitrogens is 1. The van der Waals surface area contributed by atoms with Gasteiger partial charge in [-0.15, -0.1) is 0 Å². The van der Waals surface area contributed by atoms with Gasteiger partial charge in [-0.25, -0.2) is 4.39 Å². The first-order valence-corrected chi connectivity index (χ1v) is 8.07. The number of likely N-dealkylation sites (N-methyl/N-ethyl adjacent to an activating group) is 1. The standard InChI is InChI=1S/C18H18FN3O4/c1-21-9-10-26-15(18(21)25)16(23)20-14-3-2-8-22(17(14)24)11-12-4-6-13(19)7-5-12/h2-8,15H,9-11H2,1H3,(H,20,23). The second-order valence-corrected chi connectivity index (χ2v) is 5.98. The van der Waals surface area contributed by atoms with Crippen LogP contribution in [0.1, 0.15) is 5.56 Å². The number of nitrogens with zero attached hydrogens (tertiary/aromatic N) is 2. The molecular formula is C18H18FN3O4. The summed E-state index contributed by atoms with van der Waals surface area (Å²) in [6.45, 7) is 0.896. The van der Waals surface area contributed by atoms with E-state index in [2.05, 4.69) is 5.32 Å². The van der Waals surface area contributed by atoms with Crippen LogP contribution >= 0.6 is 0 Å². The van der Waals surface area contributed by atoms with Gasteiger partial charge in [0.05, 0.1) is 13.2 Å². The van der Waals surface area contributed by atoms with E-state index in [1.165, 1.54) is 27.7 Å². The van der Waals surface area contributed by atoms with Gasteiger partial charge < -0.3 is 19.5 Å². The molecular weight excluding hydrogens is 341 g/mol. The maximum atomic E-state index is 13.0. The lowest BCUT2D eigenvalue weighted by molar-refractivity contribution is -0.156. The van der Waals surface area contributed by atoms with Gasteiger partial charge in [0.15, 0.2) is 0 Å². The van der Waals surface area contributed by atoms with Gasteiger partial charge in [-0.3, -0.25) is 14.4 Å². The zero-order chi connectivity index (χ0) is 18.7. The number of nitrogens with one attached hydrogen (secondary N) is 1. The molecule has 0 radical (unpaired) electrons. The topological polar surface area (TPSA) is 80.6 Å². The van der Waals surface area contributed by atoms with Crippen LogP contribution in [0.25, 0.3) is 0 Å². The molecule has 1 aromatic carbocycles. The lowest BCUT2D eigenvalue weighted by Gasteiger charge is -2.28. The quantitative estimate of drug-likeness (QED) is 0.820. The molecule has 8 heteroatoms. The number of benzene rings is 1. The molecule has 2 heterocycles. The molecule has 0 spiro atoms. The summed E-state index contributed by atoms with van der Waals surface area (Å²) in [6, 6.07) is 8.85. The molecule has 7 nitrogen and oxygen atoms in total. The molecule has 1 atom stereocenters. The Morgan fingerprint density at radius 3 is 2.73 bits per heavy atom. The lowest BCUT2D eigenvalue weighted by Crippen LogP contribution is -2.51. The summed E-state index contributed by atoms with van der Waals surface area (Å²) in [4.78, 5) is 38.3. The number of rotatable bonds is 4. The highest BCUT2D eigenvalue weighted by atomic mass is 19.1. The molecule has 2 amide bonds. The Kier molecular flexibility index (Phi) is 5.13. The van der Waals surface area contributed by atoms with Crippen molar-refractivity contribution in [2.75, 3.05) is 25.5 Å². The summed E-state index contributed by atoms with van der Waals surface area (Å²) < 4.78 is 19.6. The van der Waals surface area contributed by atoms with E-state index in [0.29, 0.717) is 6.54 Å². The molecule has 3 rings (SSSR count). The second kappa shape index (κ2) is 7.49. The van der Waals surface area contributed by atoms with Crippen molar-refractivity contribution in [1.82, 2.24) is 9.47 Å². The molecule has 2 aromatic rings. The Bertz CT molecular complexity index is 879. The van der Waals surface area contributed by atoms with Crippen molar-refractivity contribution in [1.29, 1.82) is 0 Å². The van der Waals surface area contributed by atoms with Crippen molar-refractivity contribution < 1.29 is 18.7 Å². The molecule has 1 saturated heterocycles. The van der Waals surface area contributed by atoms with Gasteiger partial charge in [-0.1, -0.05) is 12.1 Å². The summed E-state index contributed by atoms with van der Waals surface area (Å²) >= 11 is 0. The van der Waals surface area contributed by atoms with Gasteiger partial charge in [-0.2, -0.15) is 0 Å². The van der Waals surface area contributed by atoms with Gasteiger partial charge in [0, 0.05) is 19.8 Å². The van der Waals surface area contributed by atoms with E-state index in [-0.39, 0.29) is 24.7 Å². The third kappa shape index (κ3) is 3.80. The molecule has 136 valence electrons. The monoisotopic (exact) mass is 359 g/mol. The van der Waals surface area contributed by atoms with E-state index in [1.54, 1.807) is 31.4 Å². The Morgan fingerprint density at radius 1 is 1.27 bits per heavy atom. The zero-order valence-electron chi connectivity index (χ0n) is 14.1. The molecule has 1 aliphatic rings. The van der Waals surface area contributed by atoms with Gasteiger partial charge in [0.1, 0.15) is 11.5 Å². The first-order chi connectivity index (χ1) is 12.5. The largest absolute Gasteiger partial charge is 0.357 e. The average Bonchev–Trinajstić information content (AvgIpc) is 2.62. The number of halogens is 1. The first kappa shape index (κ1) is 17.8. The van der Waals surface area contributed by atoms with Crippen molar-refractivity contribution in [3.8, 4) is 0 Å². The molecule has 26 heavy (non-hydrogen) atoms. The van der Waals surface area contributed by atoms with Crippen LogP contribution in [0.15, 0.2) is 47.4 Å². The van der Waals surface area contributed by atoms with Crippen LogP contribution in [-0.2, 0) is 20.9 Å². The second-order valence-electron chi connectivity index (χ2n) is 5.98. The van der Waals surface area contributed by atoms with E-state index in [0.717, 1.165) is 5.56 Å². The van der Waals surface area contributed by atoms with Gasteiger partial charge in [0.2, 0.25) is 6.10 Å². The van der Waals surface area contributed by atoms with Crippen molar-refractivity contribution in [2.24, 2.45) is 0 Å². The number of morpholine rings is 1. The molecule has 1 aromatic heterocycles. The van der Waals surface area contributed by atoms with E-state index in [4.69, 9.17) is 4.74 Å². The van der Waals surface area contributed by atoms with E-state index >= 15 is 0 Å². The first-order valence-electron chi connectivity index (χ1n) is 8.07. The minimum Gasteiger partial charge on any atom is -0.357 e. The van der Waals surface area contributed by atoms with Crippen LogP contribution in [-0.4, -0.2) is 47.6 Å². The maximum absolute atomic E-state index is 13.0. The molecule has 0 bridgehead atoms. The number of carbonyl (C=O) groups excluding carboxylic acids is 2. The minimum absolute atomic E-state index is 0.0456. The van der Waals surface area contributed by atoms with Crippen LogP contribution in [0.4, 0.5) is 10.1 Å². The van der Waals surface area contributed by atoms with E-state index < -0.39 is 23.5 Å². The Balaban J connectivity index is 1.76. The van der Waals surface area contributed by atoms with Crippen molar-refractivity contribution in [3.63, 3.8) is 0 Å². The van der Waals surface area contributed by atoms with Crippen LogP contribution in [0, 0.1) is 5.82 Å². The summed E-state index contributed by atoms with van der Waals surface area (Å²) in [5.74, 6) is -1.49. The molecule has 1 N–H and O–H groups in total. The Morgan fingerprint density at radius 2 is 2.00 bits per heavy atom. The summed E-state index contributed by atoms with van der Waals surface area (Å²) in [5, 5.41) is 2.46. The van der Waals surface area contributed by atoms with Gasteiger partial charge in [0.25, 0.3) is 17.4 Å². The van der Waals surface area contributed by atoms with Crippen LogP contribution in [0.2, 0.25) is 0 Å². The summed E-state index contributed by atoms with van der Waals surface area (Å²) in [5.41, 5.74) is 0.357. The number of pyridine rings is 1. The third-order valence-electron chi connectivity index (χ3n) is 4.09. The SMILES string of the molecule is CN1CCOC(C(=O)Nc2cccn(Cc3ccc(F)cc3)c2=O)C1=O. The summed E-state index contributed by atoms with van der Waals surface area (Å²) in [6.07, 6.45) is 0.302. The van der Waals surface area contributed by atoms with Crippen LogP contribution in [0.5, 0.6) is 0 Å². The molecule has 1 aliphatic heterocycles. The van der Waals surface area contributed by atoms with Gasteiger partial charge in [-0.05, 0) is 29.8 Å². The molecule has 0 saturated carbocycles. The fraction of sp³-hybridized carbons (Fsp3) is 0.278. The molecule has 1 fully saturated rings. The van der Waals surface area contributed by atoms with Crippen molar-refractivity contribution >= 4 is 17.5 Å². The minimum atomic E-state index is -1.26. The highest BCUT2D eigenvalue weighted by molar-refractivity contribution is 6.09. The number of hydrogen-bond donors (Lipinski definition) is 1. The zero-order valence-corrected chi connectivity index (χ0v) is 14.1. The highest BCUT2D eigenvalue weighted by Gasteiger charge is 2.33. The third-order valence-corrected chi connectivity index (χ3v) is 4.09. The number of amides is 2. The van der Waals surface area contributed by atoms with Crippen LogP contribution < -0.4 is 10.9 Å². The Hall–Kier alpha value is -3.00. The van der Waals surface area contributed by atoms with Gasteiger partial charge >= 0.3 is 0 Å². The predicted octanol–water partition coefficient (Wildman–Crippen LogP) is 0.831. The maximum Gasteiger partial charge on any atom is 0.274 e. The summed E-state index contributed by atoms with van der Waals surface area (Å²) in [7, 11) is 1.59. The normalized spacial score (nSPS) is 17.2. The fourth-order valence-corrected chi connectivity index (χ4v) is 2.62.